The normalized spacial score (nSPS) is 33.8. The quantitative estimate of drug-likeness (QED) is 0.493. The molecule has 1 fully saturated rings. The van der Waals surface area contributed by atoms with Gasteiger partial charge in [-0.2, -0.15) is 0 Å². The first kappa shape index (κ1) is 7.18. The highest BCUT2D eigenvalue weighted by Gasteiger charge is 2.38. The van der Waals surface area contributed by atoms with Crippen molar-refractivity contribution < 1.29 is 14.0 Å². The van der Waals surface area contributed by atoms with E-state index in [9.17, 15) is 14.0 Å². The fourth-order valence-corrected chi connectivity index (χ4v) is 0.781. The largest absolute Gasteiger partial charge is 0.294 e. The molecule has 0 saturated carbocycles. The van der Waals surface area contributed by atoms with Crippen molar-refractivity contribution in [2.45, 2.75) is 25.4 Å². The maximum atomic E-state index is 12.9. The first-order chi connectivity index (χ1) is 4.52. The van der Waals surface area contributed by atoms with E-state index in [-0.39, 0.29) is 18.7 Å². The number of halogens is 1. The van der Waals surface area contributed by atoms with Gasteiger partial charge in [0.25, 0.3) is 5.91 Å². The Hall–Kier alpha value is -0.930. The van der Waals surface area contributed by atoms with Crippen molar-refractivity contribution >= 4 is 11.8 Å². The molecule has 1 heterocycles. The molecule has 56 valence electrons. The number of hydrogen-bond acceptors (Lipinski definition) is 2. The van der Waals surface area contributed by atoms with Gasteiger partial charge in [-0.1, -0.05) is 0 Å². The van der Waals surface area contributed by atoms with Gasteiger partial charge in [0.1, 0.15) is 0 Å². The van der Waals surface area contributed by atoms with Crippen molar-refractivity contribution in [3.05, 3.63) is 0 Å². The number of hydrogen-bond donors (Lipinski definition) is 1. The number of rotatable bonds is 0. The highest BCUT2D eigenvalue weighted by atomic mass is 19.1. The number of carbonyl (C=O) groups is 2. The molecule has 3 nitrogen and oxygen atoms in total. The summed E-state index contributed by atoms with van der Waals surface area (Å²) in [5, 5.41) is 1.92. The minimum Gasteiger partial charge on any atom is -0.294 e. The smallest absolute Gasteiger partial charge is 0.263 e. The van der Waals surface area contributed by atoms with Crippen LogP contribution >= 0.6 is 0 Å². The first-order valence-corrected chi connectivity index (χ1v) is 3.05. The highest BCUT2D eigenvalue weighted by molar-refractivity contribution is 6.01. The third kappa shape index (κ3) is 1.15. The molecule has 0 radical (unpaired) electrons. The molecule has 0 bridgehead atoms. The predicted octanol–water partition coefficient (Wildman–Crippen LogP) is 0.151. The summed E-state index contributed by atoms with van der Waals surface area (Å²) in [5.41, 5.74) is -1.85. The molecule has 0 spiro atoms. The summed E-state index contributed by atoms with van der Waals surface area (Å²) in [6.45, 7) is 1.18. The van der Waals surface area contributed by atoms with Crippen LogP contribution in [0.4, 0.5) is 4.39 Å². The summed E-state index contributed by atoms with van der Waals surface area (Å²) in [6, 6.07) is 0. The molecule has 0 aliphatic carbocycles. The standard InChI is InChI=1S/C6H8FNO2/c1-6(7)3-2-4(9)8-5(6)10/h2-3H2,1H3,(H,8,9,10). The summed E-state index contributed by atoms with van der Waals surface area (Å²) in [5.74, 6) is -1.20. The molecule has 4 heteroatoms. The van der Waals surface area contributed by atoms with Crippen LogP contribution in [0.5, 0.6) is 0 Å². The maximum absolute atomic E-state index is 12.9. The molecule has 0 aromatic carbocycles. The zero-order chi connectivity index (χ0) is 7.78. The van der Waals surface area contributed by atoms with E-state index < -0.39 is 11.6 Å². The van der Waals surface area contributed by atoms with Crippen LogP contribution in [0.2, 0.25) is 0 Å². The van der Waals surface area contributed by atoms with E-state index in [1.54, 1.807) is 0 Å². The Labute approximate surface area is 57.6 Å². The molecular weight excluding hydrogens is 137 g/mol. The van der Waals surface area contributed by atoms with Crippen molar-refractivity contribution in [3.63, 3.8) is 0 Å². The van der Waals surface area contributed by atoms with Crippen LogP contribution in [0.15, 0.2) is 0 Å². The van der Waals surface area contributed by atoms with Crippen LogP contribution in [-0.2, 0) is 9.59 Å². The van der Waals surface area contributed by atoms with E-state index in [1.165, 1.54) is 6.92 Å². The number of nitrogens with one attached hydrogen (secondary N) is 1. The molecule has 10 heavy (non-hydrogen) atoms. The second-order valence-corrected chi connectivity index (χ2v) is 2.57. The van der Waals surface area contributed by atoms with Gasteiger partial charge in [-0.3, -0.25) is 14.9 Å². The van der Waals surface area contributed by atoms with Crippen LogP contribution in [0.25, 0.3) is 0 Å². The Morgan fingerprint density at radius 2 is 2.20 bits per heavy atom. The number of carbonyl (C=O) groups excluding carboxylic acids is 2. The molecule has 1 unspecified atom stereocenters. The van der Waals surface area contributed by atoms with Crippen LogP contribution in [-0.4, -0.2) is 17.5 Å². The van der Waals surface area contributed by atoms with Crippen molar-refractivity contribution in [1.82, 2.24) is 5.32 Å². The van der Waals surface area contributed by atoms with E-state index in [1.807, 2.05) is 5.32 Å². The lowest BCUT2D eigenvalue weighted by Gasteiger charge is -2.22. The number of imide groups is 1. The molecule has 0 aromatic heterocycles. The molecule has 2 amide bonds. The maximum Gasteiger partial charge on any atom is 0.263 e. The molecule has 1 saturated heterocycles. The fraction of sp³-hybridized carbons (Fsp3) is 0.667. The van der Waals surface area contributed by atoms with Gasteiger partial charge >= 0.3 is 0 Å². The predicted molar refractivity (Wildman–Crippen MR) is 31.9 cm³/mol. The zero-order valence-corrected chi connectivity index (χ0v) is 5.61. The van der Waals surface area contributed by atoms with Gasteiger partial charge in [0.05, 0.1) is 0 Å². The van der Waals surface area contributed by atoms with E-state index in [0.717, 1.165) is 0 Å². The van der Waals surface area contributed by atoms with Gasteiger partial charge in [0.2, 0.25) is 5.91 Å². The van der Waals surface area contributed by atoms with Crippen molar-refractivity contribution in [3.8, 4) is 0 Å². The Balaban J connectivity index is 2.70. The average molecular weight is 145 g/mol. The molecular formula is C6H8FNO2. The molecule has 1 aliphatic rings. The molecule has 1 rings (SSSR count). The summed E-state index contributed by atoms with van der Waals surface area (Å²) in [6.07, 6.45) is 0.0937. The van der Waals surface area contributed by atoms with Crippen LogP contribution in [0.3, 0.4) is 0 Å². The number of amides is 2. The third-order valence-electron chi connectivity index (χ3n) is 1.55. The Morgan fingerprint density at radius 1 is 1.60 bits per heavy atom. The minimum absolute atomic E-state index is 0.00231. The van der Waals surface area contributed by atoms with Crippen molar-refractivity contribution in [2.24, 2.45) is 0 Å². The first-order valence-electron chi connectivity index (χ1n) is 3.05. The second-order valence-electron chi connectivity index (χ2n) is 2.57. The fourth-order valence-electron chi connectivity index (χ4n) is 0.781. The summed E-state index contributed by atoms with van der Waals surface area (Å²) in [7, 11) is 0. The van der Waals surface area contributed by atoms with Gasteiger partial charge in [-0.05, 0) is 13.3 Å². The van der Waals surface area contributed by atoms with E-state index in [4.69, 9.17) is 0 Å². The van der Waals surface area contributed by atoms with E-state index >= 15 is 0 Å². The Morgan fingerprint density at radius 3 is 2.60 bits per heavy atom. The number of alkyl halides is 1. The molecule has 1 aliphatic heterocycles. The molecule has 1 N–H and O–H groups in total. The zero-order valence-electron chi connectivity index (χ0n) is 5.61. The van der Waals surface area contributed by atoms with Gasteiger partial charge in [0, 0.05) is 6.42 Å². The summed E-state index contributed by atoms with van der Waals surface area (Å²) < 4.78 is 12.9. The lowest BCUT2D eigenvalue weighted by Crippen LogP contribution is -2.48. The average Bonchev–Trinajstić information content (AvgIpc) is 1.81. The third-order valence-corrected chi connectivity index (χ3v) is 1.55. The van der Waals surface area contributed by atoms with Crippen molar-refractivity contribution in [1.29, 1.82) is 0 Å². The van der Waals surface area contributed by atoms with Crippen LogP contribution < -0.4 is 5.32 Å². The minimum atomic E-state index is -1.85. The lowest BCUT2D eigenvalue weighted by molar-refractivity contribution is -0.142. The highest BCUT2D eigenvalue weighted by Crippen LogP contribution is 2.20. The van der Waals surface area contributed by atoms with Crippen LogP contribution in [0.1, 0.15) is 19.8 Å². The van der Waals surface area contributed by atoms with Crippen molar-refractivity contribution in [2.75, 3.05) is 0 Å². The molecule has 0 aromatic rings. The Kier molecular flexibility index (Phi) is 1.46. The van der Waals surface area contributed by atoms with E-state index in [0.29, 0.717) is 0 Å². The SMILES string of the molecule is CC1(F)CCC(=O)NC1=O. The van der Waals surface area contributed by atoms with E-state index in [2.05, 4.69) is 0 Å². The van der Waals surface area contributed by atoms with Gasteiger partial charge in [0.15, 0.2) is 5.67 Å². The lowest BCUT2D eigenvalue weighted by atomic mass is 9.97. The monoisotopic (exact) mass is 145 g/mol. The number of piperidine rings is 1. The van der Waals surface area contributed by atoms with Gasteiger partial charge in [-0.15, -0.1) is 0 Å². The topological polar surface area (TPSA) is 46.2 Å². The van der Waals surface area contributed by atoms with Gasteiger partial charge < -0.3 is 0 Å². The van der Waals surface area contributed by atoms with Gasteiger partial charge in [-0.25, -0.2) is 4.39 Å². The molecule has 1 atom stereocenters. The summed E-state index contributed by atoms with van der Waals surface area (Å²) in [4.78, 5) is 21.1. The Bertz CT molecular complexity index is 188. The van der Waals surface area contributed by atoms with Crippen LogP contribution in [0, 0.1) is 0 Å². The second kappa shape index (κ2) is 2.04. The summed E-state index contributed by atoms with van der Waals surface area (Å²) >= 11 is 0.